The van der Waals surface area contributed by atoms with Gasteiger partial charge in [-0.3, -0.25) is 0 Å². The van der Waals surface area contributed by atoms with E-state index in [2.05, 4.69) is 98.8 Å². The maximum atomic E-state index is 2.30. The van der Waals surface area contributed by atoms with Gasteiger partial charge in [-0.2, -0.15) is 0 Å². The van der Waals surface area contributed by atoms with Crippen molar-refractivity contribution in [3.8, 4) is 0 Å². The van der Waals surface area contributed by atoms with Crippen LogP contribution in [0.15, 0.2) is 91.0 Å². The van der Waals surface area contributed by atoms with Crippen LogP contribution in [0.5, 0.6) is 0 Å². The van der Waals surface area contributed by atoms with Gasteiger partial charge in [-0.05, 0) is 16.7 Å². The summed E-state index contributed by atoms with van der Waals surface area (Å²) in [5.41, 5.74) is 3.95. The fraction of sp³-hybridized carbons (Fsp3) is 0.0526. The zero-order valence-electron chi connectivity index (χ0n) is 11.7. The monoisotopic (exact) mass is 256 g/mol. The molecule has 0 N–H and O–H groups in total. The second-order valence-corrected chi connectivity index (χ2v) is 5.22. The van der Waals surface area contributed by atoms with E-state index in [-0.39, 0.29) is 5.31 Å². The molecule has 0 aliphatic heterocycles. The van der Waals surface area contributed by atoms with Crippen LogP contribution in [-0.2, 0) is 5.31 Å². The lowest BCUT2D eigenvalue weighted by molar-refractivity contribution is 0.877. The molecule has 0 atom stereocenters. The number of hydrogen-bond acceptors (Lipinski definition) is 0. The van der Waals surface area contributed by atoms with E-state index in [1.807, 2.05) is 0 Å². The average Bonchev–Trinajstić information content (AvgIpc) is 2.56. The maximum absolute atomic E-state index is 2.30. The molecule has 0 saturated carbocycles. The third-order valence-corrected chi connectivity index (χ3v) is 4.05. The fourth-order valence-corrected chi connectivity index (χ4v) is 2.81. The Morgan fingerprint density at radius 2 is 0.700 bits per heavy atom. The van der Waals surface area contributed by atoms with Crippen LogP contribution in [0.2, 0.25) is 0 Å². The average molecular weight is 256 g/mol. The minimum absolute atomic E-state index is 0.121. The second kappa shape index (κ2) is 5.38. The van der Waals surface area contributed by atoms with Crippen LogP contribution in [0.1, 0.15) is 16.7 Å². The van der Waals surface area contributed by atoms with Gasteiger partial charge in [-0.15, -0.1) is 0 Å². The van der Waals surface area contributed by atoms with Gasteiger partial charge >= 0.3 is 0 Å². The van der Waals surface area contributed by atoms with Crippen LogP contribution in [0.4, 0.5) is 0 Å². The first-order valence-corrected chi connectivity index (χ1v) is 6.98. The van der Waals surface area contributed by atoms with Crippen LogP contribution in [-0.4, -0.2) is 7.85 Å². The molecule has 3 rings (SSSR count). The van der Waals surface area contributed by atoms with Crippen molar-refractivity contribution in [1.82, 2.24) is 0 Å². The van der Waals surface area contributed by atoms with Crippen molar-refractivity contribution in [3.05, 3.63) is 108 Å². The van der Waals surface area contributed by atoms with Crippen LogP contribution in [0.25, 0.3) is 0 Å². The van der Waals surface area contributed by atoms with E-state index in [0.717, 1.165) is 0 Å². The summed E-state index contributed by atoms with van der Waals surface area (Å²) in [5.74, 6) is 0. The third-order valence-electron chi connectivity index (χ3n) is 4.05. The normalized spacial score (nSPS) is 11.2. The molecule has 0 aliphatic rings. The highest BCUT2D eigenvalue weighted by molar-refractivity contribution is 6.20. The Balaban J connectivity index is 2.24. The molecule has 20 heavy (non-hydrogen) atoms. The van der Waals surface area contributed by atoms with Gasteiger partial charge in [-0.25, -0.2) is 0 Å². The van der Waals surface area contributed by atoms with Crippen molar-refractivity contribution in [3.63, 3.8) is 0 Å². The predicted molar refractivity (Wildman–Crippen MR) is 87.8 cm³/mol. The summed E-state index contributed by atoms with van der Waals surface area (Å²) < 4.78 is 0. The van der Waals surface area contributed by atoms with Crippen molar-refractivity contribution in [1.29, 1.82) is 0 Å². The summed E-state index contributed by atoms with van der Waals surface area (Å²) in [6.45, 7) is 0. The molecule has 0 fully saturated rings. The van der Waals surface area contributed by atoms with Crippen molar-refractivity contribution < 1.29 is 0 Å². The van der Waals surface area contributed by atoms with Crippen LogP contribution < -0.4 is 0 Å². The molecule has 0 heterocycles. The van der Waals surface area contributed by atoms with Gasteiger partial charge < -0.3 is 0 Å². The summed E-state index contributed by atoms with van der Waals surface area (Å²) in [6, 6.07) is 32.1. The zero-order chi connectivity index (χ0) is 13.8. The summed E-state index contributed by atoms with van der Waals surface area (Å²) in [4.78, 5) is 0. The molecule has 0 aromatic heterocycles. The van der Waals surface area contributed by atoms with Gasteiger partial charge in [0.05, 0.1) is 0 Å². The molecule has 0 spiro atoms. The highest BCUT2D eigenvalue weighted by Gasteiger charge is 2.30. The molecule has 0 unspecified atom stereocenters. The highest BCUT2D eigenvalue weighted by Crippen LogP contribution is 2.35. The lowest BCUT2D eigenvalue weighted by atomic mass is 9.56. The Labute approximate surface area is 121 Å². The molecule has 0 aliphatic carbocycles. The molecular weight excluding hydrogens is 239 g/mol. The Morgan fingerprint density at radius 1 is 0.450 bits per heavy atom. The van der Waals surface area contributed by atoms with Crippen molar-refractivity contribution in [2.75, 3.05) is 0 Å². The van der Waals surface area contributed by atoms with Gasteiger partial charge in [-0.1, -0.05) is 91.0 Å². The summed E-state index contributed by atoms with van der Waals surface area (Å²) in [7, 11) is 2.30. The Bertz CT molecular complexity index is 563. The van der Waals surface area contributed by atoms with E-state index < -0.39 is 0 Å². The molecule has 1 heteroatoms. The van der Waals surface area contributed by atoms with E-state index in [0.29, 0.717) is 0 Å². The van der Waals surface area contributed by atoms with Crippen LogP contribution in [0, 0.1) is 0 Å². The van der Waals surface area contributed by atoms with Gasteiger partial charge in [0.1, 0.15) is 7.85 Å². The first-order chi connectivity index (χ1) is 9.82. The molecular formula is C19H17B. The SMILES string of the molecule is BC(c1ccccc1)(c1ccccc1)c1ccccc1. The molecule has 0 amide bonds. The first-order valence-electron chi connectivity index (χ1n) is 6.98. The summed E-state index contributed by atoms with van der Waals surface area (Å²) in [5, 5.41) is -0.121. The Morgan fingerprint density at radius 3 is 0.950 bits per heavy atom. The van der Waals surface area contributed by atoms with E-state index in [9.17, 15) is 0 Å². The number of hydrogen-bond donors (Lipinski definition) is 0. The van der Waals surface area contributed by atoms with Gasteiger partial charge in [0, 0.05) is 5.31 Å². The van der Waals surface area contributed by atoms with Crippen molar-refractivity contribution in [2.45, 2.75) is 5.31 Å². The van der Waals surface area contributed by atoms with Gasteiger partial charge in [0.2, 0.25) is 0 Å². The minimum Gasteiger partial charge on any atom is -0.0622 e. The largest absolute Gasteiger partial charge is 0.126 e. The molecule has 0 nitrogen and oxygen atoms in total. The lowest BCUT2D eigenvalue weighted by Gasteiger charge is -2.32. The fourth-order valence-electron chi connectivity index (χ4n) is 2.81. The predicted octanol–water partition coefficient (Wildman–Crippen LogP) is 3.61. The molecule has 0 saturated heterocycles. The van der Waals surface area contributed by atoms with Crippen molar-refractivity contribution in [2.24, 2.45) is 0 Å². The summed E-state index contributed by atoms with van der Waals surface area (Å²) in [6.07, 6.45) is 0. The number of benzene rings is 3. The van der Waals surface area contributed by atoms with Gasteiger partial charge in [0.25, 0.3) is 0 Å². The van der Waals surface area contributed by atoms with Crippen LogP contribution >= 0.6 is 0 Å². The summed E-state index contributed by atoms with van der Waals surface area (Å²) >= 11 is 0. The molecule has 0 radical (unpaired) electrons. The molecule has 0 bridgehead atoms. The molecule has 96 valence electrons. The van der Waals surface area contributed by atoms with Gasteiger partial charge in [0.15, 0.2) is 0 Å². The quantitative estimate of drug-likeness (QED) is 0.496. The van der Waals surface area contributed by atoms with E-state index >= 15 is 0 Å². The number of rotatable bonds is 3. The first kappa shape index (κ1) is 12.7. The Kier molecular flexibility index (Phi) is 3.43. The topological polar surface area (TPSA) is 0 Å². The van der Waals surface area contributed by atoms with Crippen molar-refractivity contribution >= 4 is 7.85 Å². The smallest absolute Gasteiger partial charge is 0.0622 e. The lowest BCUT2D eigenvalue weighted by Crippen LogP contribution is -2.29. The standard InChI is InChI=1S/C19H17B/c20-19(16-10-4-1-5-11-16,17-12-6-2-7-13-17)18-14-8-3-9-15-18/h1-15H,20H2. The zero-order valence-corrected chi connectivity index (χ0v) is 11.7. The second-order valence-electron chi connectivity index (χ2n) is 5.22. The van der Waals surface area contributed by atoms with Crippen LogP contribution in [0.3, 0.4) is 0 Å². The van der Waals surface area contributed by atoms with E-state index in [1.54, 1.807) is 0 Å². The Hall–Kier alpha value is -2.28. The minimum atomic E-state index is -0.121. The third kappa shape index (κ3) is 2.16. The maximum Gasteiger partial charge on any atom is 0.126 e. The molecule has 3 aromatic carbocycles. The van der Waals surface area contributed by atoms with E-state index in [1.165, 1.54) is 16.7 Å². The highest BCUT2D eigenvalue weighted by atomic mass is 14.3. The molecule has 3 aromatic rings. The van der Waals surface area contributed by atoms with E-state index in [4.69, 9.17) is 0 Å².